The summed E-state index contributed by atoms with van der Waals surface area (Å²) >= 11 is 0. The van der Waals surface area contributed by atoms with E-state index >= 15 is 0 Å². The Morgan fingerprint density at radius 2 is 1.68 bits per heavy atom. The van der Waals surface area contributed by atoms with Crippen LogP contribution in [-0.2, 0) is 29.1 Å². The van der Waals surface area contributed by atoms with Crippen LogP contribution in [0.4, 0.5) is 4.39 Å². The largest absolute Gasteiger partial charge is 0.493 e. The van der Waals surface area contributed by atoms with Crippen molar-refractivity contribution in [1.82, 2.24) is 15.5 Å². The van der Waals surface area contributed by atoms with Crippen LogP contribution in [0.2, 0.25) is 0 Å². The van der Waals surface area contributed by atoms with Crippen LogP contribution in [0.1, 0.15) is 39.9 Å². The molecule has 4 aromatic carbocycles. The standard InChI is InChI=1S/C39H41FN4O8.ClH/c1-48-33-11-7-27(18-36(33)52-30-16-26(20-41)15-28(40)19-30)39(47)44-14-13-32-31(22-44)43-38(46)23-50-34-10-5-24(17-35(34)49-2)6-12-37(45)42-21-25-3-8-29(51-32)9-4-25;/h3-5,7-11,15-19,31-32H,6,12-14,20-23,41H2,1-2H3,(H,42,45)(H,43,46);1H/t31-,32-;/m1./s1. The Labute approximate surface area is 313 Å². The maximum Gasteiger partial charge on any atom is 0.258 e. The molecule has 0 aromatic heterocycles. The number of carbonyl (C=O) groups is 3. The molecule has 4 N–H and O–H groups in total. The van der Waals surface area contributed by atoms with Crippen molar-refractivity contribution >= 4 is 30.1 Å². The van der Waals surface area contributed by atoms with Crippen molar-refractivity contribution < 1.29 is 42.5 Å². The first-order valence-corrected chi connectivity index (χ1v) is 17.0. The lowest BCUT2D eigenvalue weighted by atomic mass is 10.00. The zero-order chi connectivity index (χ0) is 36.6. The predicted molar refractivity (Wildman–Crippen MR) is 197 cm³/mol. The average Bonchev–Trinajstić information content (AvgIpc) is 3.15. The first-order valence-electron chi connectivity index (χ1n) is 17.0. The number of benzene rings is 4. The summed E-state index contributed by atoms with van der Waals surface area (Å²) in [5.74, 6) is 0.882. The number of nitrogens with one attached hydrogen (secondary N) is 2. The minimum atomic E-state index is -0.599. The molecule has 12 nitrogen and oxygen atoms in total. The highest BCUT2D eigenvalue weighted by Gasteiger charge is 2.35. The van der Waals surface area contributed by atoms with Gasteiger partial charge in [0, 0.05) is 50.7 Å². The second-order valence-electron chi connectivity index (χ2n) is 12.5. The molecule has 280 valence electrons. The van der Waals surface area contributed by atoms with E-state index in [0.717, 1.165) is 11.1 Å². The molecule has 5 aliphatic rings. The lowest BCUT2D eigenvalue weighted by Crippen LogP contribution is -2.58. The lowest BCUT2D eigenvalue weighted by Gasteiger charge is -2.39. The van der Waals surface area contributed by atoms with Crippen molar-refractivity contribution in [3.63, 3.8) is 0 Å². The molecular weight excluding hydrogens is 707 g/mol. The third kappa shape index (κ3) is 9.87. The summed E-state index contributed by atoms with van der Waals surface area (Å²) in [6, 6.07) is 21.1. The van der Waals surface area contributed by atoms with Gasteiger partial charge in [0.05, 0.1) is 20.3 Å². The minimum absolute atomic E-state index is 0. The zero-order valence-corrected chi connectivity index (χ0v) is 30.2. The van der Waals surface area contributed by atoms with Crippen molar-refractivity contribution in [2.75, 3.05) is 33.9 Å². The first kappa shape index (κ1) is 38.7. The number of methoxy groups -OCH3 is 2. The van der Waals surface area contributed by atoms with Gasteiger partial charge in [0.15, 0.2) is 29.6 Å². The molecule has 14 heteroatoms. The number of likely N-dealkylation sites (tertiary alicyclic amines) is 1. The smallest absolute Gasteiger partial charge is 0.258 e. The van der Waals surface area contributed by atoms with Crippen molar-refractivity contribution in [3.05, 3.63) is 107 Å². The van der Waals surface area contributed by atoms with Gasteiger partial charge < -0.3 is 45.0 Å². The zero-order valence-electron chi connectivity index (χ0n) is 29.4. The minimum Gasteiger partial charge on any atom is -0.493 e. The molecule has 0 radical (unpaired) electrons. The molecule has 5 aliphatic heterocycles. The Hall–Kier alpha value is -5.53. The van der Waals surface area contributed by atoms with Gasteiger partial charge >= 0.3 is 0 Å². The van der Waals surface area contributed by atoms with Gasteiger partial charge in [0.25, 0.3) is 11.8 Å². The van der Waals surface area contributed by atoms with Crippen LogP contribution >= 0.6 is 12.4 Å². The van der Waals surface area contributed by atoms with Crippen LogP contribution in [0, 0.1) is 5.82 Å². The molecular formula is C39H42ClFN4O8. The normalized spacial score (nSPS) is 17.5. The lowest BCUT2D eigenvalue weighted by molar-refractivity contribution is -0.125. The van der Waals surface area contributed by atoms with Crippen LogP contribution in [0.3, 0.4) is 0 Å². The topological polar surface area (TPSA) is 151 Å². The van der Waals surface area contributed by atoms with Crippen LogP contribution < -0.4 is 40.1 Å². The number of nitrogens with two attached hydrogens (primary N) is 1. The first-order chi connectivity index (χ1) is 25.2. The highest BCUT2D eigenvalue weighted by molar-refractivity contribution is 5.95. The van der Waals surface area contributed by atoms with E-state index in [1.807, 2.05) is 30.3 Å². The van der Waals surface area contributed by atoms with E-state index in [9.17, 15) is 18.8 Å². The molecule has 4 aromatic rings. The monoisotopic (exact) mass is 748 g/mol. The van der Waals surface area contributed by atoms with Crippen molar-refractivity contribution in [2.24, 2.45) is 5.73 Å². The van der Waals surface area contributed by atoms with Gasteiger partial charge in [-0.3, -0.25) is 14.4 Å². The maximum absolute atomic E-state index is 14.2. The summed E-state index contributed by atoms with van der Waals surface area (Å²) < 4.78 is 43.4. The molecule has 0 unspecified atom stereocenters. The number of aryl methyl sites for hydroxylation is 1. The third-order valence-corrected chi connectivity index (χ3v) is 8.92. The quantitative estimate of drug-likeness (QED) is 0.249. The van der Waals surface area contributed by atoms with E-state index in [0.29, 0.717) is 66.5 Å². The molecule has 5 heterocycles. The summed E-state index contributed by atoms with van der Waals surface area (Å²) in [6.07, 6.45) is 0.738. The van der Waals surface area contributed by atoms with E-state index in [4.69, 9.17) is 29.4 Å². The van der Waals surface area contributed by atoms with E-state index in [-0.39, 0.29) is 55.4 Å². The molecule has 4 bridgehead atoms. The fraction of sp³-hybridized carbons (Fsp3) is 0.308. The van der Waals surface area contributed by atoms with Gasteiger partial charge in [-0.25, -0.2) is 4.39 Å². The highest BCUT2D eigenvalue weighted by Crippen LogP contribution is 2.34. The van der Waals surface area contributed by atoms with Gasteiger partial charge in [0.2, 0.25) is 5.91 Å². The summed E-state index contributed by atoms with van der Waals surface area (Å²) in [5.41, 5.74) is 8.36. The number of ether oxygens (including phenoxy) is 5. The molecule has 0 aliphatic carbocycles. The molecule has 53 heavy (non-hydrogen) atoms. The third-order valence-electron chi connectivity index (χ3n) is 8.92. The number of halogens is 2. The van der Waals surface area contributed by atoms with Crippen LogP contribution in [0.15, 0.2) is 78.9 Å². The van der Waals surface area contributed by atoms with Crippen molar-refractivity contribution in [3.8, 4) is 34.5 Å². The van der Waals surface area contributed by atoms with Gasteiger partial charge in [-0.1, -0.05) is 18.2 Å². The van der Waals surface area contributed by atoms with E-state index < -0.39 is 23.9 Å². The average molecular weight is 749 g/mol. The molecule has 1 saturated heterocycles. The number of piperidine rings is 1. The molecule has 1 fully saturated rings. The number of carbonyl (C=O) groups excluding carboxylic acids is 3. The Kier molecular flexibility index (Phi) is 13.0. The molecule has 3 amide bonds. The summed E-state index contributed by atoms with van der Waals surface area (Å²) in [5, 5.41) is 5.97. The molecule has 9 rings (SSSR count). The van der Waals surface area contributed by atoms with Gasteiger partial charge in [-0.05, 0) is 77.7 Å². The highest BCUT2D eigenvalue weighted by atomic mass is 35.5. The molecule has 0 spiro atoms. The Balaban J connectivity index is 0.00000541. The van der Waals surface area contributed by atoms with E-state index in [1.54, 1.807) is 41.3 Å². The Morgan fingerprint density at radius 1 is 0.906 bits per heavy atom. The maximum atomic E-state index is 14.2. The molecule has 2 atom stereocenters. The van der Waals surface area contributed by atoms with Crippen molar-refractivity contribution in [2.45, 2.75) is 44.5 Å². The van der Waals surface area contributed by atoms with Gasteiger partial charge in [-0.15, -0.1) is 12.4 Å². The second-order valence-corrected chi connectivity index (χ2v) is 12.5. The fourth-order valence-electron chi connectivity index (χ4n) is 6.18. The molecule has 0 saturated carbocycles. The number of amides is 3. The number of nitrogens with zero attached hydrogens (tertiary/aromatic N) is 1. The van der Waals surface area contributed by atoms with Gasteiger partial charge in [-0.2, -0.15) is 0 Å². The van der Waals surface area contributed by atoms with Crippen LogP contribution in [0.25, 0.3) is 0 Å². The van der Waals surface area contributed by atoms with Crippen molar-refractivity contribution in [1.29, 1.82) is 0 Å². The van der Waals surface area contributed by atoms with Crippen LogP contribution in [-0.4, -0.2) is 68.7 Å². The van der Waals surface area contributed by atoms with Gasteiger partial charge in [0.1, 0.15) is 23.4 Å². The van der Waals surface area contributed by atoms with E-state index in [1.165, 1.54) is 26.4 Å². The summed E-state index contributed by atoms with van der Waals surface area (Å²) in [4.78, 5) is 41.5. The Bertz CT molecular complexity index is 1930. The predicted octanol–water partition coefficient (Wildman–Crippen LogP) is 4.94. The number of hydrogen-bond donors (Lipinski definition) is 3. The Morgan fingerprint density at radius 3 is 2.43 bits per heavy atom. The summed E-state index contributed by atoms with van der Waals surface area (Å²) in [7, 11) is 2.98. The number of rotatable bonds is 6. The van der Waals surface area contributed by atoms with Crippen LogP contribution in [0.5, 0.6) is 34.5 Å². The fourth-order valence-corrected chi connectivity index (χ4v) is 6.18. The second kappa shape index (κ2) is 17.8. The summed E-state index contributed by atoms with van der Waals surface area (Å²) in [6.45, 7) is 0.660. The SMILES string of the molecule is COc1cc2ccc1OCC(=O)N[C@@H]1CN(C(=O)c3ccc(OC)c(Oc4cc(F)cc(CN)c4)c3)CC[C@H]1Oc1ccc(cc1)CNC(=O)CC2.Cl. The number of hydrogen-bond acceptors (Lipinski definition) is 9. The van der Waals surface area contributed by atoms with E-state index in [2.05, 4.69) is 10.6 Å².